The Kier molecular flexibility index (Phi) is 13.5. The smallest absolute Gasteiger partial charge is 0.332 e. The van der Waals surface area contributed by atoms with Gasteiger partial charge in [-0.25, -0.2) is 9.59 Å². The Bertz CT molecular complexity index is 253. The van der Waals surface area contributed by atoms with Crippen molar-refractivity contribution >= 4 is 11.9 Å². The van der Waals surface area contributed by atoms with Crippen molar-refractivity contribution in [2.75, 3.05) is 26.4 Å². The first kappa shape index (κ1) is 18.9. The van der Waals surface area contributed by atoms with E-state index in [1.807, 2.05) is 6.92 Å². The zero-order valence-electron chi connectivity index (χ0n) is 12.8. The zero-order chi connectivity index (χ0) is 15.1. The zero-order valence-corrected chi connectivity index (χ0v) is 12.8. The van der Waals surface area contributed by atoms with Crippen LogP contribution in [-0.2, 0) is 23.8 Å². The molecule has 0 aromatic carbocycles. The molecule has 0 unspecified atom stereocenters. The summed E-state index contributed by atoms with van der Waals surface area (Å²) in [5.41, 5.74) is 0. The molecule has 0 aromatic heterocycles. The van der Waals surface area contributed by atoms with Gasteiger partial charge >= 0.3 is 11.9 Å². The van der Waals surface area contributed by atoms with Gasteiger partial charge < -0.3 is 14.2 Å². The fraction of sp³-hybridized carbons (Fsp3) is 0.867. The average Bonchev–Trinajstić information content (AvgIpc) is 2.43. The second-order valence-electron chi connectivity index (χ2n) is 4.70. The van der Waals surface area contributed by atoms with Crippen LogP contribution in [0.3, 0.4) is 0 Å². The van der Waals surface area contributed by atoms with Crippen molar-refractivity contribution < 1.29 is 23.8 Å². The SMILES string of the molecule is CCCCCCCOC(=O)COCC(=O)OCCCC. The van der Waals surface area contributed by atoms with Gasteiger partial charge in [-0.05, 0) is 12.8 Å². The molecule has 0 saturated heterocycles. The topological polar surface area (TPSA) is 61.8 Å². The summed E-state index contributed by atoms with van der Waals surface area (Å²) < 4.78 is 14.8. The highest BCUT2D eigenvalue weighted by atomic mass is 16.6. The van der Waals surface area contributed by atoms with Gasteiger partial charge in [-0.15, -0.1) is 0 Å². The van der Waals surface area contributed by atoms with E-state index in [4.69, 9.17) is 14.2 Å². The Labute approximate surface area is 122 Å². The molecule has 0 amide bonds. The van der Waals surface area contributed by atoms with Crippen LogP contribution in [0.25, 0.3) is 0 Å². The molecule has 0 spiro atoms. The molecule has 0 heterocycles. The van der Waals surface area contributed by atoms with E-state index in [0.29, 0.717) is 13.2 Å². The van der Waals surface area contributed by atoms with Crippen LogP contribution in [0.1, 0.15) is 58.8 Å². The van der Waals surface area contributed by atoms with E-state index in [0.717, 1.165) is 25.7 Å². The number of hydrogen-bond acceptors (Lipinski definition) is 5. The normalized spacial score (nSPS) is 10.3. The molecule has 0 aliphatic carbocycles. The molecule has 0 rings (SSSR count). The van der Waals surface area contributed by atoms with Crippen LogP contribution in [0.5, 0.6) is 0 Å². The molecule has 5 nitrogen and oxygen atoms in total. The number of esters is 2. The number of carbonyl (C=O) groups excluding carboxylic acids is 2. The van der Waals surface area contributed by atoms with Crippen LogP contribution < -0.4 is 0 Å². The molecule has 0 radical (unpaired) electrons. The third kappa shape index (κ3) is 13.3. The van der Waals surface area contributed by atoms with Crippen LogP contribution in [0.2, 0.25) is 0 Å². The van der Waals surface area contributed by atoms with Crippen LogP contribution in [0.4, 0.5) is 0 Å². The predicted octanol–water partition coefficient (Wildman–Crippen LogP) is 2.86. The predicted molar refractivity (Wildman–Crippen MR) is 76.4 cm³/mol. The summed E-state index contributed by atoms with van der Waals surface area (Å²) in [5.74, 6) is -0.868. The highest BCUT2D eigenvalue weighted by Gasteiger charge is 2.07. The van der Waals surface area contributed by atoms with Crippen molar-refractivity contribution in [3.63, 3.8) is 0 Å². The molecule has 0 N–H and O–H groups in total. The fourth-order valence-corrected chi connectivity index (χ4v) is 1.52. The van der Waals surface area contributed by atoms with Crippen molar-refractivity contribution in [1.82, 2.24) is 0 Å². The molecule has 5 heteroatoms. The first-order valence-electron chi connectivity index (χ1n) is 7.59. The Morgan fingerprint density at radius 2 is 1.20 bits per heavy atom. The summed E-state index contributed by atoms with van der Waals surface area (Å²) in [6.45, 7) is 4.61. The largest absolute Gasteiger partial charge is 0.464 e. The number of unbranched alkanes of at least 4 members (excludes halogenated alkanes) is 5. The highest BCUT2D eigenvalue weighted by Crippen LogP contribution is 2.02. The third-order valence-corrected chi connectivity index (χ3v) is 2.71. The maximum atomic E-state index is 11.3. The minimum atomic E-state index is -0.439. The maximum Gasteiger partial charge on any atom is 0.332 e. The lowest BCUT2D eigenvalue weighted by molar-refractivity contribution is -0.155. The van der Waals surface area contributed by atoms with Gasteiger partial charge in [0.15, 0.2) is 0 Å². The molecule has 0 aliphatic heterocycles. The van der Waals surface area contributed by atoms with E-state index >= 15 is 0 Å². The molecule has 0 atom stereocenters. The molecule has 118 valence electrons. The highest BCUT2D eigenvalue weighted by molar-refractivity contribution is 5.73. The van der Waals surface area contributed by atoms with E-state index in [9.17, 15) is 9.59 Å². The first-order valence-corrected chi connectivity index (χ1v) is 7.59. The van der Waals surface area contributed by atoms with E-state index in [1.165, 1.54) is 19.3 Å². The minimum Gasteiger partial charge on any atom is -0.464 e. The van der Waals surface area contributed by atoms with E-state index in [2.05, 4.69) is 6.92 Å². The number of rotatable bonds is 13. The standard InChI is InChI=1S/C15H28O5/c1-3-5-7-8-9-11-20-15(17)13-18-12-14(16)19-10-6-4-2/h3-13H2,1-2H3. The summed E-state index contributed by atoms with van der Waals surface area (Å²) in [4.78, 5) is 22.4. The van der Waals surface area contributed by atoms with Crippen molar-refractivity contribution in [1.29, 1.82) is 0 Å². The molecule has 0 saturated carbocycles. The molecule has 0 aliphatic rings. The van der Waals surface area contributed by atoms with Crippen molar-refractivity contribution in [3.05, 3.63) is 0 Å². The van der Waals surface area contributed by atoms with Crippen LogP contribution in [-0.4, -0.2) is 38.4 Å². The van der Waals surface area contributed by atoms with Gasteiger partial charge in [-0.1, -0.05) is 46.0 Å². The Morgan fingerprint density at radius 3 is 1.75 bits per heavy atom. The molecular weight excluding hydrogens is 260 g/mol. The minimum absolute atomic E-state index is 0.197. The quantitative estimate of drug-likeness (QED) is 0.385. The van der Waals surface area contributed by atoms with Gasteiger partial charge in [-0.2, -0.15) is 0 Å². The molecule has 0 fully saturated rings. The number of carbonyl (C=O) groups is 2. The number of hydrogen-bond donors (Lipinski definition) is 0. The molecule has 0 aromatic rings. The van der Waals surface area contributed by atoms with Gasteiger partial charge in [0.05, 0.1) is 13.2 Å². The van der Waals surface area contributed by atoms with Crippen molar-refractivity contribution in [3.8, 4) is 0 Å². The van der Waals surface area contributed by atoms with Gasteiger partial charge in [0.1, 0.15) is 13.2 Å². The van der Waals surface area contributed by atoms with E-state index in [1.54, 1.807) is 0 Å². The van der Waals surface area contributed by atoms with Crippen molar-refractivity contribution in [2.45, 2.75) is 58.8 Å². The van der Waals surface area contributed by atoms with Crippen LogP contribution in [0, 0.1) is 0 Å². The van der Waals surface area contributed by atoms with E-state index in [-0.39, 0.29) is 13.2 Å². The molecular formula is C15H28O5. The lowest BCUT2D eigenvalue weighted by atomic mass is 10.2. The average molecular weight is 288 g/mol. The fourth-order valence-electron chi connectivity index (χ4n) is 1.52. The van der Waals surface area contributed by atoms with Crippen LogP contribution >= 0.6 is 0 Å². The Morgan fingerprint density at radius 1 is 0.700 bits per heavy atom. The summed E-state index contributed by atoms with van der Waals surface area (Å²) in [7, 11) is 0. The van der Waals surface area contributed by atoms with Crippen LogP contribution in [0.15, 0.2) is 0 Å². The molecule has 20 heavy (non-hydrogen) atoms. The summed E-state index contributed by atoms with van der Waals surface area (Å²) in [6.07, 6.45) is 7.36. The number of ether oxygens (including phenoxy) is 3. The summed E-state index contributed by atoms with van der Waals surface area (Å²) in [6, 6.07) is 0. The van der Waals surface area contributed by atoms with E-state index < -0.39 is 11.9 Å². The Balaban J connectivity index is 3.33. The summed E-state index contributed by atoms with van der Waals surface area (Å²) in [5, 5.41) is 0. The summed E-state index contributed by atoms with van der Waals surface area (Å²) >= 11 is 0. The third-order valence-electron chi connectivity index (χ3n) is 2.71. The second kappa shape index (κ2) is 14.3. The van der Waals surface area contributed by atoms with Gasteiger partial charge in [0.25, 0.3) is 0 Å². The van der Waals surface area contributed by atoms with Crippen molar-refractivity contribution in [2.24, 2.45) is 0 Å². The lowest BCUT2D eigenvalue weighted by Crippen LogP contribution is -2.19. The van der Waals surface area contributed by atoms with Gasteiger partial charge in [0, 0.05) is 0 Å². The van der Waals surface area contributed by atoms with Gasteiger partial charge in [0.2, 0.25) is 0 Å². The monoisotopic (exact) mass is 288 g/mol. The first-order chi connectivity index (χ1) is 9.70. The lowest BCUT2D eigenvalue weighted by Gasteiger charge is -2.06. The maximum absolute atomic E-state index is 11.3. The van der Waals surface area contributed by atoms with Gasteiger partial charge in [-0.3, -0.25) is 0 Å². The molecule has 0 bridgehead atoms. The second-order valence-corrected chi connectivity index (χ2v) is 4.70. The Hall–Kier alpha value is -1.10.